The van der Waals surface area contributed by atoms with Gasteiger partial charge in [-0.15, -0.1) is 0 Å². The SMILES string of the molecule is [C-]#[N+]C(C#N)=C1C=C(C=Cc2cc(OC)c3c(c2)C(C)(C)CCN3Cc2ccccc2)OC(c2c(C)cc(C)cc2C)=C1. The van der Waals surface area contributed by atoms with Crippen LogP contribution < -0.4 is 9.64 Å². The maximum absolute atomic E-state index is 9.65. The molecule has 0 amide bonds. The van der Waals surface area contributed by atoms with Crippen molar-refractivity contribution in [2.24, 2.45) is 0 Å². The van der Waals surface area contributed by atoms with E-state index >= 15 is 0 Å². The van der Waals surface area contributed by atoms with Crippen LogP contribution in [0.4, 0.5) is 5.69 Å². The van der Waals surface area contributed by atoms with Gasteiger partial charge in [0.15, 0.2) is 0 Å². The molecule has 5 nitrogen and oxygen atoms in total. The molecular weight excluding hydrogens is 530 g/mol. The fraction of sp³-hybridized carbons (Fsp3) is 0.263. The summed E-state index contributed by atoms with van der Waals surface area (Å²) in [5.41, 5.74) is 9.50. The molecule has 0 aromatic heterocycles. The van der Waals surface area contributed by atoms with Crippen LogP contribution in [0.5, 0.6) is 5.75 Å². The van der Waals surface area contributed by atoms with E-state index in [1.54, 1.807) is 19.3 Å². The quantitative estimate of drug-likeness (QED) is 0.220. The Hall–Kier alpha value is -5.00. The zero-order valence-corrected chi connectivity index (χ0v) is 25.8. The molecule has 2 heterocycles. The number of ether oxygens (including phenoxy) is 2. The Morgan fingerprint density at radius 1 is 1.07 bits per heavy atom. The largest absolute Gasteiger partial charge is 0.495 e. The van der Waals surface area contributed by atoms with E-state index in [0.717, 1.165) is 53.2 Å². The zero-order chi connectivity index (χ0) is 30.7. The Balaban J connectivity index is 1.54. The zero-order valence-electron chi connectivity index (χ0n) is 25.8. The molecule has 0 bridgehead atoms. The monoisotopic (exact) mass is 567 g/mol. The molecule has 2 aliphatic heterocycles. The van der Waals surface area contributed by atoms with Crippen LogP contribution in [-0.4, -0.2) is 13.7 Å². The van der Waals surface area contributed by atoms with Crippen molar-refractivity contribution in [3.63, 3.8) is 0 Å². The summed E-state index contributed by atoms with van der Waals surface area (Å²) in [4.78, 5) is 5.89. The van der Waals surface area contributed by atoms with Gasteiger partial charge in [-0.2, -0.15) is 0 Å². The average Bonchev–Trinajstić information content (AvgIpc) is 2.98. The summed E-state index contributed by atoms with van der Waals surface area (Å²) in [6, 6.07) is 21.1. The Kier molecular flexibility index (Phi) is 8.29. The van der Waals surface area contributed by atoms with Gasteiger partial charge in [-0.1, -0.05) is 68.0 Å². The third-order valence-corrected chi connectivity index (χ3v) is 8.25. The van der Waals surface area contributed by atoms with Crippen molar-refractivity contribution in [1.29, 1.82) is 5.26 Å². The smallest absolute Gasteiger partial charge is 0.269 e. The highest BCUT2D eigenvalue weighted by molar-refractivity contribution is 5.75. The number of nitriles is 1. The van der Waals surface area contributed by atoms with Crippen molar-refractivity contribution in [3.05, 3.63) is 140 Å². The molecule has 0 saturated heterocycles. The average molecular weight is 568 g/mol. The molecule has 3 aromatic rings. The third kappa shape index (κ3) is 6.13. The van der Waals surface area contributed by atoms with Gasteiger partial charge in [-0.05, 0) is 96.4 Å². The normalized spacial score (nSPS) is 16.8. The molecule has 0 radical (unpaired) electrons. The number of hydrogen-bond acceptors (Lipinski definition) is 4. The van der Waals surface area contributed by atoms with Crippen LogP contribution in [0, 0.1) is 38.7 Å². The van der Waals surface area contributed by atoms with Crippen molar-refractivity contribution in [1.82, 2.24) is 0 Å². The topological polar surface area (TPSA) is 49.8 Å². The maximum atomic E-state index is 9.65. The predicted molar refractivity (Wildman–Crippen MR) is 174 cm³/mol. The molecule has 0 fully saturated rings. The molecule has 2 aliphatic rings. The molecular formula is C38H37N3O2. The first kappa shape index (κ1) is 29.5. The molecule has 0 N–H and O–H groups in total. The summed E-state index contributed by atoms with van der Waals surface area (Å²) in [6.07, 6.45) is 8.51. The number of rotatable bonds is 6. The lowest BCUT2D eigenvalue weighted by Gasteiger charge is -2.41. The van der Waals surface area contributed by atoms with E-state index in [4.69, 9.17) is 16.0 Å². The highest BCUT2D eigenvalue weighted by Gasteiger charge is 2.34. The van der Waals surface area contributed by atoms with Crippen LogP contribution in [0.3, 0.4) is 0 Å². The Bertz CT molecular complexity index is 1740. The second kappa shape index (κ2) is 12.1. The first-order chi connectivity index (χ1) is 20.6. The molecule has 5 heteroatoms. The van der Waals surface area contributed by atoms with Crippen LogP contribution in [0.25, 0.3) is 16.7 Å². The Labute approximate surface area is 255 Å². The van der Waals surface area contributed by atoms with Gasteiger partial charge in [0.2, 0.25) is 0 Å². The van der Waals surface area contributed by atoms with Gasteiger partial charge in [-0.3, -0.25) is 0 Å². The summed E-state index contributed by atoms with van der Waals surface area (Å²) in [5, 5.41) is 9.65. The first-order valence-corrected chi connectivity index (χ1v) is 14.5. The fourth-order valence-electron chi connectivity index (χ4n) is 6.11. The molecule has 0 unspecified atom stereocenters. The van der Waals surface area contributed by atoms with Crippen molar-refractivity contribution in [2.45, 2.75) is 53.0 Å². The Morgan fingerprint density at radius 2 is 1.79 bits per heavy atom. The molecule has 0 atom stereocenters. The molecule has 0 saturated carbocycles. The van der Waals surface area contributed by atoms with Crippen LogP contribution in [0.2, 0.25) is 0 Å². The third-order valence-electron chi connectivity index (χ3n) is 8.25. The molecule has 3 aromatic carbocycles. The van der Waals surface area contributed by atoms with Crippen molar-refractivity contribution >= 4 is 17.5 Å². The summed E-state index contributed by atoms with van der Waals surface area (Å²) >= 11 is 0. The number of hydrogen-bond donors (Lipinski definition) is 0. The number of methoxy groups -OCH3 is 1. The van der Waals surface area contributed by atoms with Crippen LogP contribution in [0.15, 0.2) is 89.9 Å². The first-order valence-electron chi connectivity index (χ1n) is 14.5. The number of allylic oxidation sites excluding steroid dienone is 5. The minimum absolute atomic E-state index is 0.0239. The van der Waals surface area contributed by atoms with E-state index in [0.29, 0.717) is 17.1 Å². The predicted octanol–water partition coefficient (Wildman–Crippen LogP) is 8.97. The van der Waals surface area contributed by atoms with E-state index in [1.807, 2.05) is 24.3 Å². The minimum Gasteiger partial charge on any atom is -0.495 e. The van der Waals surface area contributed by atoms with Crippen molar-refractivity contribution in [3.8, 4) is 11.8 Å². The van der Waals surface area contributed by atoms with Crippen LogP contribution >= 0.6 is 0 Å². The fourth-order valence-corrected chi connectivity index (χ4v) is 6.11. The van der Waals surface area contributed by atoms with Gasteiger partial charge in [0.1, 0.15) is 17.3 Å². The van der Waals surface area contributed by atoms with Gasteiger partial charge in [0.05, 0.1) is 25.4 Å². The maximum Gasteiger partial charge on any atom is 0.269 e. The number of aryl methyl sites for hydroxylation is 3. The van der Waals surface area contributed by atoms with E-state index in [2.05, 4.69) is 92.9 Å². The molecule has 43 heavy (non-hydrogen) atoms. The summed E-state index contributed by atoms with van der Waals surface area (Å²) in [5.74, 6) is 2.03. The van der Waals surface area contributed by atoms with Gasteiger partial charge in [-0.25, -0.2) is 10.1 Å². The molecule has 0 spiro atoms. The lowest BCUT2D eigenvalue weighted by molar-refractivity contribution is 0.396. The van der Waals surface area contributed by atoms with E-state index in [9.17, 15) is 5.26 Å². The Morgan fingerprint density at radius 3 is 2.44 bits per heavy atom. The van der Waals surface area contributed by atoms with Gasteiger partial charge in [0, 0.05) is 18.7 Å². The lowest BCUT2D eigenvalue weighted by Crippen LogP contribution is -2.37. The molecule has 5 rings (SSSR count). The standard InChI is InChI=1S/C38H37N3O2/c1-25-17-26(2)36(27(3)18-25)34-22-30(33(23-39)40-6)21-31(43-34)14-13-29-19-32-37(35(20-29)42-7)41(16-15-38(32,4)5)24-28-11-9-8-10-12-28/h8-14,17-22H,15-16,24H2,1-5,7H3. The van der Waals surface area contributed by atoms with Gasteiger partial charge in [0.25, 0.3) is 5.70 Å². The highest BCUT2D eigenvalue weighted by atomic mass is 16.5. The molecule has 216 valence electrons. The van der Waals surface area contributed by atoms with Gasteiger partial charge < -0.3 is 14.4 Å². The second-order valence-corrected chi connectivity index (χ2v) is 12.0. The van der Waals surface area contributed by atoms with E-state index < -0.39 is 0 Å². The number of benzene rings is 3. The number of anilines is 1. The van der Waals surface area contributed by atoms with Gasteiger partial charge >= 0.3 is 0 Å². The number of fused-ring (bicyclic) bond motifs is 1. The van der Waals surface area contributed by atoms with Crippen molar-refractivity contribution in [2.75, 3.05) is 18.6 Å². The second-order valence-electron chi connectivity index (χ2n) is 12.0. The van der Waals surface area contributed by atoms with E-state index in [1.165, 1.54) is 16.7 Å². The summed E-state index contributed by atoms with van der Waals surface area (Å²) in [7, 11) is 1.73. The highest BCUT2D eigenvalue weighted by Crippen LogP contribution is 2.46. The van der Waals surface area contributed by atoms with Crippen molar-refractivity contribution < 1.29 is 9.47 Å². The number of nitrogens with zero attached hydrogens (tertiary/aromatic N) is 3. The molecule has 0 aliphatic carbocycles. The van der Waals surface area contributed by atoms with E-state index in [-0.39, 0.29) is 11.1 Å². The van der Waals surface area contributed by atoms with Crippen LogP contribution in [0.1, 0.15) is 59.2 Å². The summed E-state index contributed by atoms with van der Waals surface area (Å²) in [6.45, 7) is 20.1. The minimum atomic E-state index is -0.0239. The lowest BCUT2D eigenvalue weighted by atomic mass is 9.76. The summed E-state index contributed by atoms with van der Waals surface area (Å²) < 4.78 is 12.4. The van der Waals surface area contributed by atoms with Crippen LogP contribution in [-0.2, 0) is 16.7 Å².